The van der Waals surface area contributed by atoms with Crippen molar-refractivity contribution in [2.75, 3.05) is 31.5 Å². The van der Waals surface area contributed by atoms with Crippen molar-refractivity contribution in [2.24, 2.45) is 0 Å². The molecule has 0 aromatic heterocycles. The quantitative estimate of drug-likeness (QED) is 0.510. The van der Waals surface area contributed by atoms with E-state index < -0.39 is 0 Å². The van der Waals surface area contributed by atoms with Gasteiger partial charge >= 0.3 is 0 Å². The third-order valence-corrected chi connectivity index (χ3v) is 6.68. The lowest BCUT2D eigenvalue weighted by atomic mass is 9.99. The molecule has 2 aromatic rings. The number of rotatable bonds is 7. The Labute approximate surface area is 167 Å². The number of phenolic OH excluding ortho intramolecular Hbond substituents is 1. The van der Waals surface area contributed by atoms with Gasteiger partial charge in [0.15, 0.2) is 0 Å². The molecule has 0 unspecified atom stereocenters. The van der Waals surface area contributed by atoms with E-state index in [0.717, 1.165) is 63.7 Å². The fourth-order valence-electron chi connectivity index (χ4n) is 3.33. The van der Waals surface area contributed by atoms with Gasteiger partial charge in [0.2, 0.25) is 0 Å². The molecule has 1 heterocycles. The Morgan fingerprint density at radius 3 is 2.65 bits per heavy atom. The summed E-state index contributed by atoms with van der Waals surface area (Å²) in [6, 6.07) is 7.83. The molecule has 0 aliphatic carbocycles. The predicted molar refractivity (Wildman–Crippen MR) is 111 cm³/mol. The summed E-state index contributed by atoms with van der Waals surface area (Å²) in [4.78, 5) is 4.34. The molecule has 6 heteroatoms. The Hall–Kier alpha value is -1.21. The summed E-state index contributed by atoms with van der Waals surface area (Å²) in [6.45, 7) is 8.35. The van der Waals surface area contributed by atoms with Gasteiger partial charge in [0.05, 0.1) is 11.5 Å². The molecule has 26 heavy (non-hydrogen) atoms. The van der Waals surface area contributed by atoms with E-state index in [-0.39, 0.29) is 12.4 Å². The number of hydrogen-bond donors (Lipinski definition) is 3. The molecule has 3 N–H and O–H groups in total. The van der Waals surface area contributed by atoms with E-state index in [9.17, 15) is 10.2 Å². The van der Waals surface area contributed by atoms with Crippen molar-refractivity contribution < 1.29 is 10.2 Å². The lowest BCUT2D eigenvalue weighted by Crippen LogP contribution is -2.28. The van der Waals surface area contributed by atoms with E-state index in [1.54, 1.807) is 17.8 Å². The Balaban J connectivity index is 1.89. The van der Waals surface area contributed by atoms with Crippen molar-refractivity contribution in [3.63, 3.8) is 0 Å². The highest BCUT2D eigenvalue weighted by Crippen LogP contribution is 2.48. The SMILES string of the molecule is CCN(CC)CCNc1ccc(CO)c2c1Cc1cc(Br)cc(O)c1S2. The maximum absolute atomic E-state index is 10.3. The second-order valence-electron chi connectivity index (χ2n) is 6.38. The fraction of sp³-hybridized carbons (Fsp3) is 0.400. The Morgan fingerprint density at radius 1 is 1.19 bits per heavy atom. The third kappa shape index (κ3) is 4.03. The van der Waals surface area contributed by atoms with Crippen LogP contribution in [-0.2, 0) is 13.0 Å². The minimum Gasteiger partial charge on any atom is -0.507 e. The molecule has 3 rings (SSSR count). The van der Waals surface area contributed by atoms with Gasteiger partial charge in [-0.1, -0.05) is 47.6 Å². The molecule has 0 fully saturated rings. The minimum atomic E-state index is 0.00167. The van der Waals surface area contributed by atoms with Gasteiger partial charge in [-0.3, -0.25) is 0 Å². The van der Waals surface area contributed by atoms with E-state index in [0.29, 0.717) is 0 Å². The number of anilines is 1. The van der Waals surface area contributed by atoms with Crippen LogP contribution in [0.15, 0.2) is 38.5 Å². The number of aliphatic hydroxyl groups excluding tert-OH is 1. The van der Waals surface area contributed by atoms with Crippen molar-refractivity contribution in [3.8, 4) is 5.75 Å². The van der Waals surface area contributed by atoms with Gasteiger partial charge in [0.25, 0.3) is 0 Å². The molecule has 0 amide bonds. The second kappa shape index (κ2) is 8.65. The first-order chi connectivity index (χ1) is 12.6. The topological polar surface area (TPSA) is 55.7 Å². The number of fused-ring (bicyclic) bond motifs is 2. The van der Waals surface area contributed by atoms with E-state index in [1.165, 1.54) is 5.56 Å². The summed E-state index contributed by atoms with van der Waals surface area (Å²) >= 11 is 5.02. The number of nitrogens with zero attached hydrogens (tertiary/aromatic N) is 1. The van der Waals surface area contributed by atoms with Gasteiger partial charge in [-0.2, -0.15) is 0 Å². The molecule has 0 atom stereocenters. The number of phenols is 1. The second-order valence-corrected chi connectivity index (χ2v) is 8.32. The van der Waals surface area contributed by atoms with Crippen LogP contribution in [-0.4, -0.2) is 41.3 Å². The average Bonchev–Trinajstić information content (AvgIpc) is 2.64. The predicted octanol–water partition coefficient (Wildman–Crippen LogP) is 4.46. The number of nitrogens with one attached hydrogen (secondary N) is 1. The molecule has 1 aliphatic rings. The van der Waals surface area contributed by atoms with Gasteiger partial charge in [-0.15, -0.1) is 0 Å². The first-order valence-electron chi connectivity index (χ1n) is 8.98. The zero-order chi connectivity index (χ0) is 18.7. The van der Waals surface area contributed by atoms with Gasteiger partial charge < -0.3 is 20.4 Å². The summed E-state index contributed by atoms with van der Waals surface area (Å²) in [5.74, 6) is 0.286. The van der Waals surface area contributed by atoms with Crippen LogP contribution in [0.1, 0.15) is 30.5 Å². The molecule has 2 aromatic carbocycles. The largest absolute Gasteiger partial charge is 0.507 e. The van der Waals surface area contributed by atoms with Crippen LogP contribution >= 0.6 is 27.7 Å². The van der Waals surface area contributed by atoms with Gasteiger partial charge in [-0.05, 0) is 48.0 Å². The van der Waals surface area contributed by atoms with Crippen molar-refractivity contribution >= 4 is 33.4 Å². The fourth-order valence-corrected chi connectivity index (χ4v) is 5.03. The molecule has 1 aliphatic heterocycles. The summed E-state index contributed by atoms with van der Waals surface area (Å²) in [5, 5.41) is 23.6. The number of halogens is 1. The highest BCUT2D eigenvalue weighted by molar-refractivity contribution is 9.10. The van der Waals surface area contributed by atoms with Crippen LogP contribution in [0, 0.1) is 0 Å². The van der Waals surface area contributed by atoms with Crippen LogP contribution in [0.25, 0.3) is 0 Å². The maximum Gasteiger partial charge on any atom is 0.130 e. The van der Waals surface area contributed by atoms with Crippen LogP contribution in [0.4, 0.5) is 5.69 Å². The van der Waals surface area contributed by atoms with Gasteiger partial charge in [0.1, 0.15) is 5.75 Å². The van der Waals surface area contributed by atoms with E-state index in [1.807, 2.05) is 6.07 Å². The Kier molecular flexibility index (Phi) is 6.51. The molecule has 0 bridgehead atoms. The molecule has 0 spiro atoms. The van der Waals surface area contributed by atoms with E-state index in [2.05, 4.69) is 52.1 Å². The highest BCUT2D eigenvalue weighted by Gasteiger charge is 2.24. The number of likely N-dealkylation sites (N-methyl/N-ethyl adjacent to an activating group) is 1. The maximum atomic E-state index is 10.3. The number of benzene rings is 2. The molecule has 0 radical (unpaired) electrons. The molecule has 140 valence electrons. The van der Waals surface area contributed by atoms with Crippen LogP contribution in [0.5, 0.6) is 5.75 Å². The standard InChI is InChI=1S/C20H25BrN2O2S/c1-3-23(4-2)8-7-22-17-6-5-13(12-24)19-16(17)10-14-9-15(21)11-18(25)20(14)26-19/h5-6,9,11,22,24-25H,3-4,7-8,10,12H2,1-2H3. The summed E-state index contributed by atoms with van der Waals surface area (Å²) < 4.78 is 0.882. The average molecular weight is 437 g/mol. The lowest BCUT2D eigenvalue weighted by molar-refractivity contribution is 0.278. The Morgan fingerprint density at radius 2 is 1.96 bits per heavy atom. The Bertz CT molecular complexity index is 794. The zero-order valence-electron chi connectivity index (χ0n) is 15.2. The van der Waals surface area contributed by atoms with Gasteiger partial charge in [0, 0.05) is 34.6 Å². The summed E-state index contributed by atoms with van der Waals surface area (Å²) in [7, 11) is 0. The van der Waals surface area contributed by atoms with Gasteiger partial charge in [-0.25, -0.2) is 0 Å². The lowest BCUT2D eigenvalue weighted by Gasteiger charge is -2.26. The zero-order valence-corrected chi connectivity index (χ0v) is 17.6. The molecule has 4 nitrogen and oxygen atoms in total. The van der Waals surface area contributed by atoms with Crippen molar-refractivity contribution in [2.45, 2.75) is 36.7 Å². The monoisotopic (exact) mass is 436 g/mol. The minimum absolute atomic E-state index is 0.00167. The normalized spacial score (nSPS) is 12.8. The van der Waals surface area contributed by atoms with Crippen molar-refractivity contribution in [1.29, 1.82) is 0 Å². The van der Waals surface area contributed by atoms with Crippen LogP contribution in [0.3, 0.4) is 0 Å². The molecule has 0 saturated heterocycles. The summed E-state index contributed by atoms with van der Waals surface area (Å²) in [6.07, 6.45) is 0.742. The smallest absolute Gasteiger partial charge is 0.130 e. The number of aliphatic hydroxyl groups is 1. The van der Waals surface area contributed by atoms with E-state index in [4.69, 9.17) is 0 Å². The number of hydrogen-bond acceptors (Lipinski definition) is 5. The third-order valence-electron chi connectivity index (χ3n) is 4.83. The molecule has 0 saturated carbocycles. The van der Waals surface area contributed by atoms with Crippen LogP contribution in [0.2, 0.25) is 0 Å². The van der Waals surface area contributed by atoms with E-state index >= 15 is 0 Å². The highest BCUT2D eigenvalue weighted by atomic mass is 79.9. The van der Waals surface area contributed by atoms with Crippen molar-refractivity contribution in [3.05, 3.63) is 45.4 Å². The molecular formula is C20H25BrN2O2S. The summed E-state index contributed by atoms with van der Waals surface area (Å²) in [5.41, 5.74) is 4.33. The first kappa shape index (κ1) is 19.5. The van der Waals surface area contributed by atoms with Crippen LogP contribution < -0.4 is 5.32 Å². The first-order valence-corrected chi connectivity index (χ1v) is 10.6. The number of aromatic hydroxyl groups is 1. The van der Waals surface area contributed by atoms with Crippen molar-refractivity contribution in [1.82, 2.24) is 4.90 Å². The molecular weight excluding hydrogens is 412 g/mol.